The normalized spacial score (nSPS) is 11.1. The number of halogens is 1. The van der Waals surface area contributed by atoms with Gasteiger partial charge in [-0.25, -0.2) is 9.97 Å². The fourth-order valence-corrected chi connectivity index (χ4v) is 4.88. The van der Waals surface area contributed by atoms with Crippen molar-refractivity contribution in [2.45, 2.75) is 34.2 Å². The van der Waals surface area contributed by atoms with Gasteiger partial charge in [0, 0.05) is 12.3 Å². The number of carbonyl (C=O) groups excluding carboxylic acids is 1. The molecule has 0 saturated heterocycles. The van der Waals surface area contributed by atoms with E-state index in [1.165, 1.54) is 34.1 Å². The lowest BCUT2D eigenvalue weighted by Crippen LogP contribution is -2.24. The van der Waals surface area contributed by atoms with Crippen molar-refractivity contribution >= 4 is 50.6 Å². The van der Waals surface area contributed by atoms with Crippen LogP contribution in [0.2, 0.25) is 5.02 Å². The van der Waals surface area contributed by atoms with Crippen molar-refractivity contribution in [2.75, 3.05) is 4.90 Å². The third-order valence-electron chi connectivity index (χ3n) is 4.98. The highest BCUT2D eigenvalue weighted by Crippen LogP contribution is 2.37. The van der Waals surface area contributed by atoms with Crippen LogP contribution in [-0.2, 0) is 11.3 Å². The molecule has 158 valence electrons. The Morgan fingerprint density at radius 2 is 1.94 bits per heavy atom. The minimum Gasteiger partial charge on any atom is -0.293 e. The van der Waals surface area contributed by atoms with E-state index >= 15 is 0 Å². The highest BCUT2D eigenvalue weighted by Gasteiger charge is 2.23. The second-order valence-corrected chi connectivity index (χ2v) is 8.83. The van der Waals surface area contributed by atoms with Gasteiger partial charge in [0.2, 0.25) is 5.91 Å². The maximum atomic E-state index is 12.9. The molecule has 2 heterocycles. The van der Waals surface area contributed by atoms with E-state index in [9.17, 15) is 9.59 Å². The number of nitrogens with zero attached hydrogens (tertiary/aromatic N) is 4. The molecule has 0 aliphatic rings. The number of fused-ring (bicyclic) bond motifs is 1. The first-order valence-electron chi connectivity index (χ1n) is 9.72. The predicted octanol–water partition coefficient (Wildman–Crippen LogP) is 5.16. The molecule has 0 saturated carbocycles. The molecule has 6 nitrogen and oxygen atoms in total. The lowest BCUT2D eigenvalue weighted by molar-refractivity contribution is -0.115. The number of rotatable bonds is 4. The van der Waals surface area contributed by atoms with Crippen LogP contribution in [0, 0.1) is 20.8 Å². The molecule has 0 fully saturated rings. The van der Waals surface area contributed by atoms with Crippen LogP contribution < -0.4 is 10.5 Å². The third-order valence-corrected chi connectivity index (χ3v) is 6.14. The molecular formula is C23H21ClN4O2S. The molecule has 0 radical (unpaired) electrons. The maximum Gasteiger partial charge on any atom is 0.261 e. The first-order valence-corrected chi connectivity index (χ1v) is 11.0. The van der Waals surface area contributed by atoms with Gasteiger partial charge in [-0.15, -0.1) is 11.3 Å². The van der Waals surface area contributed by atoms with Crippen LogP contribution >= 0.6 is 22.9 Å². The molecule has 2 aromatic heterocycles. The monoisotopic (exact) mass is 452 g/mol. The number of aromatic nitrogens is 3. The van der Waals surface area contributed by atoms with Crippen LogP contribution in [0.15, 0.2) is 46.8 Å². The third kappa shape index (κ3) is 4.11. The molecule has 4 rings (SSSR count). The van der Waals surface area contributed by atoms with Gasteiger partial charge in [-0.1, -0.05) is 29.3 Å². The zero-order valence-electron chi connectivity index (χ0n) is 17.6. The van der Waals surface area contributed by atoms with E-state index in [0.29, 0.717) is 32.4 Å². The number of benzene rings is 2. The number of thiazole rings is 1. The van der Waals surface area contributed by atoms with Crippen LogP contribution in [0.1, 0.15) is 29.3 Å². The smallest absolute Gasteiger partial charge is 0.261 e. The van der Waals surface area contributed by atoms with Crippen molar-refractivity contribution in [1.82, 2.24) is 14.5 Å². The lowest BCUT2D eigenvalue weighted by Gasteiger charge is -2.22. The number of hydrogen-bond donors (Lipinski definition) is 0. The highest BCUT2D eigenvalue weighted by molar-refractivity contribution is 7.14. The minimum absolute atomic E-state index is 0.121. The molecule has 0 N–H and O–H groups in total. The van der Waals surface area contributed by atoms with Gasteiger partial charge >= 0.3 is 0 Å². The maximum absolute atomic E-state index is 12.9. The van der Waals surface area contributed by atoms with E-state index in [4.69, 9.17) is 11.6 Å². The van der Waals surface area contributed by atoms with Gasteiger partial charge in [0.25, 0.3) is 5.56 Å². The summed E-state index contributed by atoms with van der Waals surface area (Å²) in [7, 11) is 0. The quantitative estimate of drug-likeness (QED) is 0.428. The van der Waals surface area contributed by atoms with Gasteiger partial charge < -0.3 is 0 Å². The first-order chi connectivity index (χ1) is 14.7. The second kappa shape index (κ2) is 8.24. The Morgan fingerprint density at radius 3 is 2.65 bits per heavy atom. The Hall–Kier alpha value is -3.03. The van der Waals surface area contributed by atoms with Gasteiger partial charge in [0.05, 0.1) is 40.2 Å². The van der Waals surface area contributed by atoms with Gasteiger partial charge in [-0.2, -0.15) is 0 Å². The number of anilines is 2. The number of hydrogen-bond acceptors (Lipinski definition) is 5. The van der Waals surface area contributed by atoms with E-state index in [2.05, 4.69) is 9.97 Å². The molecule has 1 amide bonds. The summed E-state index contributed by atoms with van der Waals surface area (Å²) >= 11 is 7.81. The minimum atomic E-state index is -0.185. The number of amides is 1. The molecule has 4 aromatic rings. The average molecular weight is 453 g/mol. The zero-order valence-corrected chi connectivity index (χ0v) is 19.2. The van der Waals surface area contributed by atoms with Crippen LogP contribution in [-0.4, -0.2) is 20.4 Å². The van der Waals surface area contributed by atoms with E-state index < -0.39 is 0 Å². The second-order valence-electron chi connectivity index (χ2n) is 7.59. The van der Waals surface area contributed by atoms with Crippen molar-refractivity contribution < 1.29 is 4.79 Å². The molecular weight excluding hydrogens is 432 g/mol. The zero-order chi connectivity index (χ0) is 22.3. The van der Waals surface area contributed by atoms with Gasteiger partial charge in [-0.05, 0) is 50.1 Å². The molecule has 0 unspecified atom stereocenters. The van der Waals surface area contributed by atoms with Gasteiger partial charge in [0.1, 0.15) is 0 Å². The van der Waals surface area contributed by atoms with E-state index in [-0.39, 0.29) is 18.0 Å². The van der Waals surface area contributed by atoms with Crippen LogP contribution in [0.25, 0.3) is 10.9 Å². The van der Waals surface area contributed by atoms with Crippen LogP contribution in [0.4, 0.5) is 10.8 Å². The Bertz CT molecular complexity index is 1350. The molecule has 31 heavy (non-hydrogen) atoms. The highest BCUT2D eigenvalue weighted by atomic mass is 35.5. The largest absolute Gasteiger partial charge is 0.293 e. The predicted molar refractivity (Wildman–Crippen MR) is 126 cm³/mol. The van der Waals surface area contributed by atoms with E-state index in [1.807, 2.05) is 56.5 Å². The van der Waals surface area contributed by atoms with E-state index in [0.717, 1.165) is 16.7 Å². The Balaban J connectivity index is 1.71. The van der Waals surface area contributed by atoms with Crippen LogP contribution in [0.3, 0.4) is 0 Å². The van der Waals surface area contributed by atoms with Crippen molar-refractivity contribution in [2.24, 2.45) is 0 Å². The fourth-order valence-electron chi connectivity index (χ4n) is 3.61. The standard InChI is InChI=1S/C23H21ClN4O2S/c1-13-5-6-20-18(8-13)22(30)27(12-25-20)10-17-11-31-23(26-17)28(16(4)29)21-15(3)7-14(2)9-19(21)24/h5-9,11-12H,10H2,1-4H3. The fraction of sp³-hybridized carbons (Fsp3) is 0.217. The van der Waals surface area contributed by atoms with Gasteiger partial charge in [-0.3, -0.25) is 19.1 Å². The summed E-state index contributed by atoms with van der Waals surface area (Å²) in [6.45, 7) is 7.56. The summed E-state index contributed by atoms with van der Waals surface area (Å²) in [6.07, 6.45) is 1.53. The Kier molecular flexibility index (Phi) is 5.64. The summed E-state index contributed by atoms with van der Waals surface area (Å²) in [5.74, 6) is -0.185. The number of aryl methyl sites for hydroxylation is 3. The molecule has 0 spiro atoms. The van der Waals surface area contributed by atoms with Crippen molar-refractivity contribution in [3.8, 4) is 0 Å². The van der Waals surface area contributed by atoms with Gasteiger partial charge in [0.15, 0.2) is 5.13 Å². The summed E-state index contributed by atoms with van der Waals surface area (Å²) in [5, 5.41) is 3.42. The first kappa shape index (κ1) is 21.2. The Morgan fingerprint density at radius 1 is 1.16 bits per heavy atom. The summed E-state index contributed by atoms with van der Waals surface area (Å²) in [5.41, 5.74) is 4.75. The van der Waals surface area contributed by atoms with Crippen molar-refractivity contribution in [1.29, 1.82) is 0 Å². The molecule has 0 aliphatic heterocycles. The lowest BCUT2D eigenvalue weighted by atomic mass is 10.1. The topological polar surface area (TPSA) is 68.1 Å². The molecule has 0 bridgehead atoms. The van der Waals surface area contributed by atoms with Crippen molar-refractivity contribution in [3.63, 3.8) is 0 Å². The molecule has 0 atom stereocenters. The van der Waals surface area contributed by atoms with Crippen molar-refractivity contribution in [3.05, 3.63) is 79.8 Å². The summed E-state index contributed by atoms with van der Waals surface area (Å²) in [4.78, 5) is 35.9. The van der Waals surface area contributed by atoms with Crippen LogP contribution in [0.5, 0.6) is 0 Å². The number of carbonyl (C=O) groups is 1. The molecule has 8 heteroatoms. The molecule has 2 aromatic carbocycles. The van der Waals surface area contributed by atoms with E-state index in [1.54, 1.807) is 0 Å². The molecule has 0 aliphatic carbocycles. The Labute approximate surface area is 188 Å². The SMILES string of the molecule is CC(=O)N(c1nc(Cn2cnc3ccc(C)cc3c2=O)cs1)c1c(C)cc(C)cc1Cl. The summed E-state index contributed by atoms with van der Waals surface area (Å²) < 4.78 is 1.53. The average Bonchev–Trinajstić information content (AvgIpc) is 3.14. The summed E-state index contributed by atoms with van der Waals surface area (Å²) in [6, 6.07) is 9.42.